The molecule has 1 aliphatic heterocycles. The van der Waals surface area contributed by atoms with E-state index < -0.39 is 0 Å². The van der Waals surface area contributed by atoms with Gasteiger partial charge in [-0.05, 0) is 48.1 Å². The Labute approximate surface area is 148 Å². The number of hydrogen-bond acceptors (Lipinski definition) is 4. The molecule has 0 radical (unpaired) electrons. The van der Waals surface area contributed by atoms with Gasteiger partial charge in [0.1, 0.15) is 0 Å². The van der Waals surface area contributed by atoms with Gasteiger partial charge in [0.15, 0.2) is 16.6 Å². The first kappa shape index (κ1) is 16.0. The summed E-state index contributed by atoms with van der Waals surface area (Å²) in [5, 5.41) is 4.51. The van der Waals surface area contributed by atoms with Crippen LogP contribution in [0.3, 0.4) is 0 Å². The van der Waals surface area contributed by atoms with E-state index in [4.69, 9.17) is 44.9 Å². The minimum absolute atomic E-state index is 0.264. The van der Waals surface area contributed by atoms with Crippen LogP contribution in [-0.4, -0.2) is 11.9 Å². The third-order valence-electron chi connectivity index (χ3n) is 3.13. The lowest BCUT2D eigenvalue weighted by atomic mass is 10.2. The summed E-state index contributed by atoms with van der Waals surface area (Å²) in [6, 6.07) is 11.0. The molecule has 0 bridgehead atoms. The van der Waals surface area contributed by atoms with Gasteiger partial charge >= 0.3 is 0 Å². The molecule has 0 saturated carbocycles. The summed E-state index contributed by atoms with van der Waals surface area (Å²) < 4.78 is 10.6. The lowest BCUT2D eigenvalue weighted by Gasteiger charge is -2.13. The summed E-state index contributed by atoms with van der Waals surface area (Å²) in [6.45, 7) is 0.825. The second-order valence-electron chi connectivity index (χ2n) is 4.75. The van der Waals surface area contributed by atoms with Crippen molar-refractivity contribution in [2.75, 3.05) is 12.2 Å². The first-order valence-corrected chi connectivity index (χ1v) is 7.92. The zero-order chi connectivity index (χ0) is 16.2. The summed E-state index contributed by atoms with van der Waals surface area (Å²) in [6.07, 6.45) is 0. The standard InChI is InChI=1S/C15H13Cl2N3O2S/c16-11-3-2-10(6-12(11)17)19-20-15(23)18-7-9-1-4-13-14(5-9)22-8-21-13/h1-6,19H,7-8H2,(H2,18,20,23). The van der Waals surface area contributed by atoms with Crippen LogP contribution in [0.1, 0.15) is 5.56 Å². The van der Waals surface area contributed by atoms with Gasteiger partial charge in [0, 0.05) is 6.54 Å². The van der Waals surface area contributed by atoms with Crippen LogP contribution in [0, 0.1) is 0 Å². The molecule has 0 spiro atoms. The maximum Gasteiger partial charge on any atom is 0.231 e. The summed E-state index contributed by atoms with van der Waals surface area (Å²) in [7, 11) is 0. The molecule has 0 atom stereocenters. The zero-order valence-corrected chi connectivity index (χ0v) is 14.2. The predicted octanol–water partition coefficient (Wildman–Crippen LogP) is 3.71. The Morgan fingerprint density at radius 3 is 2.70 bits per heavy atom. The fourth-order valence-electron chi connectivity index (χ4n) is 1.98. The van der Waals surface area contributed by atoms with Gasteiger partial charge in [0.05, 0.1) is 15.7 Å². The smallest absolute Gasteiger partial charge is 0.231 e. The fraction of sp³-hybridized carbons (Fsp3) is 0.133. The molecule has 5 nitrogen and oxygen atoms in total. The van der Waals surface area contributed by atoms with E-state index in [-0.39, 0.29) is 6.79 Å². The molecular weight excluding hydrogens is 357 g/mol. The number of anilines is 1. The van der Waals surface area contributed by atoms with Crippen molar-refractivity contribution in [3.8, 4) is 11.5 Å². The Kier molecular flexibility index (Phi) is 4.95. The van der Waals surface area contributed by atoms with Crippen LogP contribution < -0.4 is 25.6 Å². The van der Waals surface area contributed by atoms with E-state index in [2.05, 4.69) is 16.2 Å². The highest BCUT2D eigenvalue weighted by molar-refractivity contribution is 7.80. The number of nitrogens with one attached hydrogen (secondary N) is 3. The van der Waals surface area contributed by atoms with Crippen molar-refractivity contribution < 1.29 is 9.47 Å². The number of hydrogen-bond donors (Lipinski definition) is 3. The van der Waals surface area contributed by atoms with Crippen molar-refractivity contribution in [1.29, 1.82) is 0 Å². The van der Waals surface area contributed by atoms with Gasteiger partial charge in [0.25, 0.3) is 0 Å². The van der Waals surface area contributed by atoms with E-state index in [1.165, 1.54) is 0 Å². The Morgan fingerprint density at radius 2 is 1.87 bits per heavy atom. The Balaban J connectivity index is 1.48. The second kappa shape index (κ2) is 7.12. The predicted molar refractivity (Wildman–Crippen MR) is 95.2 cm³/mol. The van der Waals surface area contributed by atoms with E-state index in [1.54, 1.807) is 18.2 Å². The number of ether oxygens (including phenoxy) is 2. The van der Waals surface area contributed by atoms with Crippen LogP contribution in [0.2, 0.25) is 10.0 Å². The van der Waals surface area contributed by atoms with E-state index >= 15 is 0 Å². The van der Waals surface area contributed by atoms with Crippen LogP contribution in [0.4, 0.5) is 5.69 Å². The quantitative estimate of drug-likeness (QED) is 0.564. The molecule has 0 fully saturated rings. The van der Waals surface area contributed by atoms with E-state index in [0.29, 0.717) is 21.7 Å². The Hall–Kier alpha value is -1.89. The normalized spacial score (nSPS) is 11.9. The van der Waals surface area contributed by atoms with Crippen molar-refractivity contribution in [3.63, 3.8) is 0 Å². The third-order valence-corrected chi connectivity index (χ3v) is 4.12. The molecule has 0 unspecified atom stereocenters. The van der Waals surface area contributed by atoms with Gasteiger partial charge in [-0.15, -0.1) is 0 Å². The van der Waals surface area contributed by atoms with Gasteiger partial charge in [-0.1, -0.05) is 29.3 Å². The van der Waals surface area contributed by atoms with E-state index in [1.807, 2.05) is 18.2 Å². The number of benzene rings is 2. The number of fused-ring (bicyclic) bond motifs is 1. The SMILES string of the molecule is S=C(NCc1ccc2c(c1)OCO2)NNc1ccc(Cl)c(Cl)c1. The Bertz CT molecular complexity index is 743. The largest absolute Gasteiger partial charge is 0.454 e. The Morgan fingerprint density at radius 1 is 1.04 bits per heavy atom. The molecule has 23 heavy (non-hydrogen) atoms. The average Bonchev–Trinajstić information content (AvgIpc) is 3.01. The van der Waals surface area contributed by atoms with Crippen molar-refractivity contribution in [2.24, 2.45) is 0 Å². The molecular formula is C15H13Cl2N3O2S. The lowest BCUT2D eigenvalue weighted by Crippen LogP contribution is -2.38. The number of rotatable bonds is 4. The fourth-order valence-corrected chi connectivity index (χ4v) is 2.40. The lowest BCUT2D eigenvalue weighted by molar-refractivity contribution is 0.174. The minimum Gasteiger partial charge on any atom is -0.454 e. The van der Waals surface area contributed by atoms with Crippen LogP contribution >= 0.6 is 35.4 Å². The highest BCUT2D eigenvalue weighted by Gasteiger charge is 2.13. The summed E-state index contributed by atoms with van der Waals surface area (Å²) in [4.78, 5) is 0. The number of thiocarbonyl (C=S) groups is 1. The first-order chi connectivity index (χ1) is 11.1. The third kappa shape index (κ3) is 4.10. The van der Waals surface area contributed by atoms with Crippen molar-refractivity contribution >= 4 is 46.2 Å². The van der Waals surface area contributed by atoms with Crippen molar-refractivity contribution in [1.82, 2.24) is 10.7 Å². The molecule has 2 aromatic rings. The molecule has 0 aromatic heterocycles. The highest BCUT2D eigenvalue weighted by atomic mass is 35.5. The zero-order valence-electron chi connectivity index (χ0n) is 11.9. The summed E-state index contributed by atoms with van der Waals surface area (Å²) in [5.74, 6) is 1.51. The molecule has 1 heterocycles. The van der Waals surface area contributed by atoms with Crippen molar-refractivity contribution in [3.05, 3.63) is 52.0 Å². The molecule has 120 valence electrons. The van der Waals surface area contributed by atoms with Crippen molar-refractivity contribution in [2.45, 2.75) is 6.54 Å². The van der Waals surface area contributed by atoms with Gasteiger partial charge in [0.2, 0.25) is 6.79 Å². The molecule has 2 aromatic carbocycles. The van der Waals surface area contributed by atoms with Gasteiger partial charge in [-0.3, -0.25) is 10.9 Å². The van der Waals surface area contributed by atoms with Gasteiger partial charge in [-0.25, -0.2) is 0 Å². The van der Waals surface area contributed by atoms with Crippen LogP contribution in [0.15, 0.2) is 36.4 Å². The molecule has 0 amide bonds. The van der Waals surface area contributed by atoms with Gasteiger partial charge < -0.3 is 14.8 Å². The van der Waals surface area contributed by atoms with E-state index in [9.17, 15) is 0 Å². The molecule has 3 N–H and O–H groups in total. The van der Waals surface area contributed by atoms with E-state index in [0.717, 1.165) is 22.7 Å². The maximum absolute atomic E-state index is 5.95. The molecule has 0 saturated heterocycles. The van der Waals surface area contributed by atoms with Crippen LogP contribution in [-0.2, 0) is 6.54 Å². The number of halogens is 2. The number of hydrazine groups is 1. The second-order valence-corrected chi connectivity index (χ2v) is 5.97. The van der Waals surface area contributed by atoms with Crippen LogP contribution in [0.5, 0.6) is 11.5 Å². The average molecular weight is 370 g/mol. The molecule has 1 aliphatic rings. The van der Waals surface area contributed by atoms with Crippen LogP contribution in [0.25, 0.3) is 0 Å². The summed E-state index contributed by atoms with van der Waals surface area (Å²) in [5.41, 5.74) is 7.62. The molecule has 3 rings (SSSR count). The van der Waals surface area contributed by atoms with Gasteiger partial charge in [-0.2, -0.15) is 0 Å². The minimum atomic E-state index is 0.264. The first-order valence-electron chi connectivity index (χ1n) is 6.75. The highest BCUT2D eigenvalue weighted by Crippen LogP contribution is 2.32. The topological polar surface area (TPSA) is 54.5 Å². The molecule has 0 aliphatic carbocycles. The maximum atomic E-state index is 5.95. The monoisotopic (exact) mass is 369 g/mol. The molecule has 8 heteroatoms. The summed E-state index contributed by atoms with van der Waals surface area (Å²) >= 11 is 17.0.